The summed E-state index contributed by atoms with van der Waals surface area (Å²) in [5.74, 6) is -1.06. The first-order chi connectivity index (χ1) is 7.90. The Morgan fingerprint density at radius 2 is 2.12 bits per heavy atom. The summed E-state index contributed by atoms with van der Waals surface area (Å²) in [7, 11) is -3.82. The van der Waals surface area contributed by atoms with Gasteiger partial charge in [-0.2, -0.15) is 0 Å². The first-order valence-corrected chi connectivity index (χ1v) is 7.21. The van der Waals surface area contributed by atoms with Crippen molar-refractivity contribution in [1.82, 2.24) is 0 Å². The lowest BCUT2D eigenvalue weighted by Gasteiger charge is -1.93. The molecular formula is C10H9NO4S2. The number of nitrogens with zero attached hydrogens (tertiary/aromatic N) is 1. The monoisotopic (exact) mass is 271 g/mol. The van der Waals surface area contributed by atoms with Gasteiger partial charge in [-0.05, 0) is 23.9 Å². The first kappa shape index (κ1) is 12.0. The number of rotatable bonds is 3. The van der Waals surface area contributed by atoms with Gasteiger partial charge in [0.05, 0.1) is 0 Å². The summed E-state index contributed by atoms with van der Waals surface area (Å²) in [6, 6.07) is 6.99. The molecule has 0 N–H and O–H groups in total. The van der Waals surface area contributed by atoms with Crippen molar-refractivity contribution in [2.75, 3.05) is 5.88 Å². The molecule has 1 heterocycles. The standard InChI is InChI=1S/C10H9NO4S2/c1-7-3-2-4-8-5-9(16-10(7)8)17(14,15)6-11(12)13/h2-5H,6H2,1H3. The van der Waals surface area contributed by atoms with Crippen LogP contribution in [0.25, 0.3) is 10.1 Å². The summed E-state index contributed by atoms with van der Waals surface area (Å²) in [6.07, 6.45) is 0. The van der Waals surface area contributed by atoms with Crippen molar-refractivity contribution in [3.8, 4) is 0 Å². The molecule has 5 nitrogen and oxygen atoms in total. The van der Waals surface area contributed by atoms with Crippen LogP contribution in [0.3, 0.4) is 0 Å². The maximum Gasteiger partial charge on any atom is 0.306 e. The zero-order chi connectivity index (χ0) is 12.6. The molecule has 0 bridgehead atoms. The highest BCUT2D eigenvalue weighted by atomic mass is 32.2. The van der Waals surface area contributed by atoms with Gasteiger partial charge in [-0.15, -0.1) is 11.3 Å². The number of hydrogen-bond acceptors (Lipinski definition) is 5. The largest absolute Gasteiger partial charge is 0.306 e. The van der Waals surface area contributed by atoms with E-state index >= 15 is 0 Å². The number of sulfone groups is 1. The van der Waals surface area contributed by atoms with Gasteiger partial charge in [0.1, 0.15) is 4.21 Å². The number of nitro groups is 1. The summed E-state index contributed by atoms with van der Waals surface area (Å²) in [4.78, 5) is 9.47. The van der Waals surface area contributed by atoms with Crippen LogP contribution in [-0.4, -0.2) is 19.2 Å². The van der Waals surface area contributed by atoms with E-state index in [0.717, 1.165) is 27.0 Å². The van der Waals surface area contributed by atoms with Crippen molar-refractivity contribution >= 4 is 31.3 Å². The molecule has 17 heavy (non-hydrogen) atoms. The van der Waals surface area contributed by atoms with E-state index in [1.807, 2.05) is 19.1 Å². The molecule has 2 rings (SSSR count). The van der Waals surface area contributed by atoms with Crippen LogP contribution in [0.5, 0.6) is 0 Å². The zero-order valence-electron chi connectivity index (χ0n) is 8.91. The Morgan fingerprint density at radius 3 is 2.71 bits per heavy atom. The normalized spacial score (nSPS) is 11.8. The molecule has 90 valence electrons. The molecule has 0 aliphatic carbocycles. The molecule has 2 aromatic rings. The number of aryl methyl sites for hydroxylation is 1. The van der Waals surface area contributed by atoms with Crippen molar-refractivity contribution in [3.05, 3.63) is 39.9 Å². The van der Waals surface area contributed by atoms with E-state index in [2.05, 4.69) is 0 Å². The third-order valence-electron chi connectivity index (χ3n) is 2.30. The van der Waals surface area contributed by atoms with E-state index in [1.54, 1.807) is 6.07 Å². The quantitative estimate of drug-likeness (QED) is 0.633. The average molecular weight is 271 g/mol. The average Bonchev–Trinajstić information content (AvgIpc) is 2.61. The second-order valence-electron chi connectivity index (χ2n) is 3.64. The van der Waals surface area contributed by atoms with E-state index in [-0.39, 0.29) is 4.21 Å². The van der Waals surface area contributed by atoms with Crippen molar-refractivity contribution in [2.45, 2.75) is 11.1 Å². The summed E-state index contributed by atoms with van der Waals surface area (Å²) >= 11 is 1.08. The van der Waals surface area contributed by atoms with Crippen molar-refractivity contribution in [2.24, 2.45) is 0 Å². The third-order valence-corrected chi connectivity index (χ3v) is 5.67. The molecule has 1 aromatic heterocycles. The lowest BCUT2D eigenvalue weighted by atomic mass is 10.2. The molecule has 0 spiro atoms. The molecule has 0 unspecified atom stereocenters. The number of thiophene rings is 1. The highest BCUT2D eigenvalue weighted by molar-refractivity contribution is 7.93. The summed E-state index contributed by atoms with van der Waals surface area (Å²) in [5.41, 5.74) is 0.968. The van der Waals surface area contributed by atoms with Crippen molar-refractivity contribution in [3.63, 3.8) is 0 Å². The van der Waals surface area contributed by atoms with Crippen LogP contribution in [0, 0.1) is 17.0 Å². The molecule has 1 aromatic carbocycles. The Labute approximate surface area is 102 Å². The van der Waals surface area contributed by atoms with Crippen LogP contribution in [0.15, 0.2) is 28.5 Å². The fourth-order valence-corrected chi connectivity index (χ4v) is 4.03. The lowest BCUT2D eigenvalue weighted by Crippen LogP contribution is -2.13. The molecule has 0 fully saturated rings. The minimum absolute atomic E-state index is 0.0542. The maximum atomic E-state index is 11.7. The number of benzene rings is 1. The SMILES string of the molecule is Cc1cccc2cc(S(=O)(=O)C[N+](=O)[O-])sc12. The summed E-state index contributed by atoms with van der Waals surface area (Å²) in [5, 5.41) is 11.1. The minimum atomic E-state index is -3.82. The first-order valence-electron chi connectivity index (χ1n) is 4.74. The predicted molar refractivity (Wildman–Crippen MR) is 65.6 cm³/mol. The van der Waals surface area contributed by atoms with Gasteiger partial charge in [0, 0.05) is 9.62 Å². The van der Waals surface area contributed by atoms with Gasteiger partial charge in [-0.3, -0.25) is 10.1 Å². The molecule has 0 atom stereocenters. The van der Waals surface area contributed by atoms with Crippen LogP contribution >= 0.6 is 11.3 Å². The molecule has 0 saturated heterocycles. The van der Waals surface area contributed by atoms with Gasteiger partial charge >= 0.3 is 5.88 Å². The topological polar surface area (TPSA) is 77.3 Å². The Kier molecular flexibility index (Phi) is 2.88. The molecule has 0 aliphatic rings. The second-order valence-corrected chi connectivity index (χ2v) is 6.87. The van der Waals surface area contributed by atoms with Gasteiger partial charge < -0.3 is 0 Å². The number of hydrogen-bond donors (Lipinski definition) is 0. The van der Waals surface area contributed by atoms with Gasteiger partial charge in [0.15, 0.2) is 0 Å². The van der Waals surface area contributed by atoms with Gasteiger partial charge in [0.2, 0.25) is 0 Å². The third kappa shape index (κ3) is 2.29. The van der Waals surface area contributed by atoms with Gasteiger partial charge in [-0.25, -0.2) is 8.42 Å². The Balaban J connectivity index is 2.58. The molecule has 0 radical (unpaired) electrons. The van der Waals surface area contributed by atoms with E-state index in [0.29, 0.717) is 0 Å². The summed E-state index contributed by atoms with van der Waals surface area (Å²) in [6.45, 7) is 1.88. The fourth-order valence-electron chi connectivity index (χ4n) is 1.54. The van der Waals surface area contributed by atoms with E-state index in [9.17, 15) is 18.5 Å². The summed E-state index contributed by atoms with van der Waals surface area (Å²) < 4.78 is 24.3. The van der Waals surface area contributed by atoms with E-state index < -0.39 is 20.6 Å². The van der Waals surface area contributed by atoms with E-state index in [1.165, 1.54) is 6.07 Å². The minimum Gasteiger partial charge on any atom is -0.263 e. The predicted octanol–water partition coefficient (Wildman–Crippen LogP) is 2.22. The number of fused-ring (bicyclic) bond motifs is 1. The Hall–Kier alpha value is -1.47. The van der Waals surface area contributed by atoms with Crippen LogP contribution in [0.1, 0.15) is 5.56 Å². The molecule has 0 amide bonds. The van der Waals surface area contributed by atoms with Crippen LogP contribution < -0.4 is 0 Å². The van der Waals surface area contributed by atoms with Crippen LogP contribution in [-0.2, 0) is 9.84 Å². The van der Waals surface area contributed by atoms with E-state index in [4.69, 9.17) is 0 Å². The van der Waals surface area contributed by atoms with Crippen LogP contribution in [0.4, 0.5) is 0 Å². The Bertz CT molecular complexity index is 687. The highest BCUT2D eigenvalue weighted by Crippen LogP contribution is 2.31. The van der Waals surface area contributed by atoms with Gasteiger partial charge in [-0.1, -0.05) is 18.2 Å². The van der Waals surface area contributed by atoms with Crippen molar-refractivity contribution in [1.29, 1.82) is 0 Å². The van der Waals surface area contributed by atoms with Gasteiger partial charge in [0.25, 0.3) is 9.84 Å². The lowest BCUT2D eigenvalue weighted by molar-refractivity contribution is -0.458. The molecule has 0 saturated carbocycles. The van der Waals surface area contributed by atoms with Crippen LogP contribution in [0.2, 0.25) is 0 Å². The maximum absolute atomic E-state index is 11.7. The molecule has 7 heteroatoms. The van der Waals surface area contributed by atoms with Crippen molar-refractivity contribution < 1.29 is 13.3 Å². The fraction of sp³-hybridized carbons (Fsp3) is 0.200. The smallest absolute Gasteiger partial charge is 0.263 e. The zero-order valence-corrected chi connectivity index (χ0v) is 10.5. The molecule has 0 aliphatic heterocycles. The molecular weight excluding hydrogens is 262 g/mol. The second kappa shape index (κ2) is 4.08. The highest BCUT2D eigenvalue weighted by Gasteiger charge is 2.23. The Morgan fingerprint density at radius 1 is 1.41 bits per heavy atom.